The third-order valence-electron chi connectivity index (χ3n) is 12.6. The van der Waals surface area contributed by atoms with E-state index in [0.717, 1.165) is 76.1 Å². The first-order valence-electron chi connectivity index (χ1n) is 22.1. The molecule has 13 heteroatoms. The van der Waals surface area contributed by atoms with Crippen LogP contribution in [0.2, 0.25) is 0 Å². The molecule has 340 valence electrons. The van der Waals surface area contributed by atoms with Crippen molar-refractivity contribution in [2.75, 3.05) is 36.5 Å². The van der Waals surface area contributed by atoms with E-state index in [1.54, 1.807) is 11.9 Å². The fourth-order valence-electron chi connectivity index (χ4n) is 9.83. The van der Waals surface area contributed by atoms with Gasteiger partial charge in [-0.05, 0) is 123 Å². The second kappa shape index (κ2) is 19.0. The SMILES string of the molecule is CN(C(=O)OC(C)(C)C)C1=C(/C=C/C2=[N+](CCCCS(=O)(=O)[O-])c3ccc4ccccc4c3C2(C)C)CC/C1=C\C=C1\N(CCCCSOO[O-])c2ccc3ccccc3c2C1(C)C. The van der Waals surface area contributed by atoms with Gasteiger partial charge in [-0.15, -0.1) is 0 Å². The summed E-state index contributed by atoms with van der Waals surface area (Å²) in [6.07, 6.45) is 12.1. The number of hydrogen-bond donors (Lipinski definition) is 0. The van der Waals surface area contributed by atoms with Gasteiger partial charge in [-0.2, -0.15) is 8.91 Å². The Morgan fingerprint density at radius 2 is 1.53 bits per heavy atom. The molecule has 0 bridgehead atoms. The molecule has 0 spiro atoms. The Morgan fingerprint density at radius 1 is 0.859 bits per heavy atom. The Labute approximate surface area is 382 Å². The lowest BCUT2D eigenvalue weighted by Crippen LogP contribution is -2.34. The summed E-state index contributed by atoms with van der Waals surface area (Å²) in [5.74, 6) is 0.223. The summed E-state index contributed by atoms with van der Waals surface area (Å²) in [5.41, 5.74) is 8.23. The van der Waals surface area contributed by atoms with Gasteiger partial charge in [0.05, 0.1) is 21.2 Å². The van der Waals surface area contributed by atoms with Crippen LogP contribution >= 0.6 is 12.0 Å². The fraction of sp³-hybridized carbons (Fsp3) is 0.412. The third kappa shape index (κ3) is 9.90. The van der Waals surface area contributed by atoms with Gasteiger partial charge in [0.2, 0.25) is 5.69 Å². The standard InChI is InChI=1S/C51H61N3O8S2/c1-49(2,3)60-48(55)52(8)47-37(25-29-43-50(4,5)45-39-19-11-9-17-35(39)23-27-41(45)53(43)31-13-15-33-63-62-61-56)21-22-38(47)26-30-44-51(6,7)46-40-20-12-10-18-36(40)24-28-42(46)54(44)32-14-16-34-64(57,58)59/h9-12,17-20,23-30H,13-16,21-22,31-34H2,1-8H3,(H-,56,57,58,59)/p-1. The molecule has 0 aromatic heterocycles. The van der Waals surface area contributed by atoms with E-state index in [1.807, 2.05) is 26.8 Å². The molecule has 1 amide bonds. The smallest absolute Gasteiger partial charge is 0.414 e. The van der Waals surface area contributed by atoms with Crippen molar-refractivity contribution in [2.45, 2.75) is 103 Å². The van der Waals surface area contributed by atoms with E-state index in [-0.39, 0.29) is 11.8 Å². The Hall–Kier alpha value is -4.76. The molecule has 4 aromatic carbocycles. The van der Waals surface area contributed by atoms with Gasteiger partial charge in [0, 0.05) is 78.1 Å². The first-order valence-corrected chi connectivity index (χ1v) is 24.6. The maximum absolute atomic E-state index is 13.9. The number of anilines is 1. The number of benzene rings is 4. The van der Waals surface area contributed by atoms with Crippen LogP contribution < -0.4 is 10.2 Å². The van der Waals surface area contributed by atoms with Crippen molar-refractivity contribution < 1.29 is 41.7 Å². The molecular formula is C51H60N3O8S2-. The summed E-state index contributed by atoms with van der Waals surface area (Å²) in [4.78, 5) is 18.0. The first-order chi connectivity index (χ1) is 30.3. The van der Waals surface area contributed by atoms with Crippen molar-refractivity contribution in [3.63, 3.8) is 0 Å². The zero-order valence-electron chi connectivity index (χ0n) is 38.2. The topological polar surface area (TPSA) is 135 Å². The lowest BCUT2D eigenvalue weighted by atomic mass is 9.79. The highest BCUT2D eigenvalue weighted by atomic mass is 32.2. The predicted octanol–water partition coefficient (Wildman–Crippen LogP) is 10.4. The van der Waals surface area contributed by atoms with Crippen molar-refractivity contribution in [1.82, 2.24) is 4.90 Å². The lowest BCUT2D eigenvalue weighted by molar-refractivity contribution is -0.777. The number of allylic oxidation sites excluding steroid dienone is 7. The van der Waals surface area contributed by atoms with Gasteiger partial charge >= 0.3 is 6.09 Å². The molecule has 4 aromatic rings. The van der Waals surface area contributed by atoms with Crippen LogP contribution in [-0.2, 0) is 35.1 Å². The van der Waals surface area contributed by atoms with Crippen molar-refractivity contribution >= 4 is 66.9 Å². The number of ether oxygens (including phenoxy) is 1. The molecule has 3 aliphatic rings. The second-order valence-electron chi connectivity index (χ2n) is 18.9. The number of rotatable bonds is 16. The van der Waals surface area contributed by atoms with Gasteiger partial charge in [0.25, 0.3) is 0 Å². The number of likely N-dealkylation sites (N-methyl/N-ethyl adjacent to an activating group) is 1. The quantitative estimate of drug-likeness (QED) is 0.0267. The average Bonchev–Trinajstić information content (AvgIpc) is 3.81. The van der Waals surface area contributed by atoms with Crippen LogP contribution in [0.15, 0.2) is 120 Å². The van der Waals surface area contributed by atoms with E-state index in [4.69, 9.17) is 4.74 Å². The van der Waals surface area contributed by atoms with Gasteiger partial charge in [-0.3, -0.25) is 9.94 Å². The highest BCUT2D eigenvalue weighted by molar-refractivity contribution is 7.94. The van der Waals surface area contributed by atoms with Crippen molar-refractivity contribution in [3.05, 3.63) is 131 Å². The van der Waals surface area contributed by atoms with Crippen LogP contribution in [0.5, 0.6) is 0 Å². The largest absolute Gasteiger partial charge is 0.748 e. The van der Waals surface area contributed by atoms with E-state index in [9.17, 15) is 23.0 Å². The zero-order chi connectivity index (χ0) is 46.0. The maximum atomic E-state index is 13.9. The molecule has 0 saturated heterocycles. The number of carbonyl (C=O) groups is 1. The summed E-state index contributed by atoms with van der Waals surface area (Å²) < 4.78 is 47.3. The number of hydrogen-bond acceptors (Lipinski definition) is 10. The summed E-state index contributed by atoms with van der Waals surface area (Å²) in [5, 5.41) is 18.6. The van der Waals surface area contributed by atoms with Crippen LogP contribution in [0.4, 0.5) is 16.2 Å². The summed E-state index contributed by atoms with van der Waals surface area (Å²) in [6.45, 7) is 15.9. The Bertz CT molecular complexity index is 2710. The fourth-order valence-corrected chi connectivity index (χ4v) is 10.8. The average molecular weight is 907 g/mol. The third-order valence-corrected chi connectivity index (χ3v) is 14.0. The highest BCUT2D eigenvalue weighted by Crippen LogP contribution is 2.51. The molecule has 1 aliphatic carbocycles. The predicted molar refractivity (Wildman–Crippen MR) is 254 cm³/mol. The molecular weight excluding hydrogens is 847 g/mol. The van der Waals surface area contributed by atoms with E-state index in [2.05, 4.69) is 138 Å². The lowest BCUT2D eigenvalue weighted by Gasteiger charge is -2.28. The zero-order valence-corrected chi connectivity index (χ0v) is 39.9. The molecule has 2 heterocycles. The van der Waals surface area contributed by atoms with Crippen molar-refractivity contribution in [2.24, 2.45) is 0 Å². The van der Waals surface area contributed by atoms with Crippen LogP contribution in [-0.4, -0.2) is 71.5 Å². The normalized spacial score (nSPS) is 18.4. The minimum absolute atomic E-state index is 0.268. The minimum atomic E-state index is -4.32. The molecule has 64 heavy (non-hydrogen) atoms. The van der Waals surface area contributed by atoms with Gasteiger partial charge in [0.15, 0.2) is 5.71 Å². The molecule has 0 atom stereocenters. The van der Waals surface area contributed by atoms with Gasteiger partial charge in [-0.25, -0.2) is 13.2 Å². The highest BCUT2D eigenvalue weighted by Gasteiger charge is 2.46. The number of unbranched alkanes of at least 4 members (excludes halogenated alkanes) is 2. The first kappa shape index (κ1) is 47.2. The monoisotopic (exact) mass is 906 g/mol. The van der Waals surface area contributed by atoms with Gasteiger partial charge in [0.1, 0.15) is 12.1 Å². The van der Waals surface area contributed by atoms with E-state index >= 15 is 0 Å². The minimum Gasteiger partial charge on any atom is -0.748 e. The van der Waals surface area contributed by atoms with Gasteiger partial charge in [-0.1, -0.05) is 80.6 Å². The summed E-state index contributed by atoms with van der Waals surface area (Å²) in [7, 11) is -2.54. The number of nitrogens with zero attached hydrogens (tertiary/aromatic N) is 3. The molecule has 0 fully saturated rings. The van der Waals surface area contributed by atoms with Crippen LogP contribution in [0.3, 0.4) is 0 Å². The van der Waals surface area contributed by atoms with E-state index < -0.39 is 33.0 Å². The molecule has 2 aliphatic heterocycles. The van der Waals surface area contributed by atoms with E-state index in [0.29, 0.717) is 31.6 Å². The number of amides is 1. The maximum Gasteiger partial charge on any atom is 0.414 e. The number of carbonyl (C=O) groups excluding carboxylic acids is 1. The van der Waals surface area contributed by atoms with Crippen LogP contribution in [0.1, 0.15) is 98.1 Å². The molecule has 0 N–H and O–H groups in total. The second-order valence-corrected chi connectivity index (χ2v) is 21.2. The summed E-state index contributed by atoms with van der Waals surface area (Å²) >= 11 is 1.01. The Balaban J connectivity index is 1.31. The molecule has 11 nitrogen and oxygen atoms in total. The van der Waals surface area contributed by atoms with Gasteiger partial charge < -0.3 is 19.4 Å². The van der Waals surface area contributed by atoms with Crippen molar-refractivity contribution in [3.8, 4) is 0 Å². The molecule has 7 rings (SSSR count). The Morgan fingerprint density at radius 3 is 2.20 bits per heavy atom. The van der Waals surface area contributed by atoms with Crippen LogP contribution in [0, 0.1) is 0 Å². The molecule has 0 unspecified atom stereocenters. The molecule has 0 radical (unpaired) electrons. The molecule has 0 saturated carbocycles. The Kier molecular flexibility index (Phi) is 14.0. The summed E-state index contributed by atoms with van der Waals surface area (Å²) in [6, 6.07) is 25.5. The number of fused-ring (bicyclic) bond motifs is 6. The van der Waals surface area contributed by atoms with Crippen molar-refractivity contribution in [1.29, 1.82) is 0 Å². The van der Waals surface area contributed by atoms with E-state index in [1.165, 1.54) is 27.6 Å². The van der Waals surface area contributed by atoms with Crippen LogP contribution in [0.25, 0.3) is 21.5 Å².